The quantitative estimate of drug-likeness (QED) is 0.715. The molecule has 0 bridgehead atoms. The van der Waals surface area contributed by atoms with E-state index in [2.05, 4.69) is 25.3 Å². The maximum Gasteiger partial charge on any atom is 0.120 e. The molecular weight excluding hydrogens is 218 g/mol. The maximum absolute atomic E-state index is 4.94. The molecule has 0 unspecified atom stereocenters. The molecular formula is C11H15N5O. The van der Waals surface area contributed by atoms with Crippen molar-refractivity contribution in [1.82, 2.24) is 25.3 Å². The SMILES string of the molecule is COCCNCc1ncc(-c2cnccn2)[nH]1. The lowest BCUT2D eigenvalue weighted by atomic mass is 10.3. The van der Waals surface area contributed by atoms with Crippen LogP contribution in [-0.2, 0) is 11.3 Å². The molecule has 17 heavy (non-hydrogen) atoms. The standard InChI is InChI=1S/C11H15N5O/c1-17-5-4-13-8-11-15-7-10(16-11)9-6-12-2-3-14-9/h2-3,6-7,13H,4-5,8H2,1H3,(H,15,16). The van der Waals surface area contributed by atoms with E-state index in [0.717, 1.165) is 23.8 Å². The second-order valence-corrected chi connectivity index (χ2v) is 3.50. The number of nitrogens with one attached hydrogen (secondary N) is 2. The van der Waals surface area contributed by atoms with Crippen molar-refractivity contribution in [2.45, 2.75) is 6.54 Å². The first-order valence-electron chi connectivity index (χ1n) is 5.40. The van der Waals surface area contributed by atoms with Gasteiger partial charge in [-0.05, 0) is 0 Å². The fourth-order valence-corrected chi connectivity index (χ4v) is 1.40. The summed E-state index contributed by atoms with van der Waals surface area (Å²) in [5.74, 6) is 0.877. The molecule has 0 fully saturated rings. The number of imidazole rings is 1. The van der Waals surface area contributed by atoms with Gasteiger partial charge >= 0.3 is 0 Å². The summed E-state index contributed by atoms with van der Waals surface area (Å²) >= 11 is 0. The molecule has 0 amide bonds. The largest absolute Gasteiger partial charge is 0.383 e. The van der Waals surface area contributed by atoms with E-state index in [0.29, 0.717) is 13.2 Å². The van der Waals surface area contributed by atoms with Crippen molar-refractivity contribution < 1.29 is 4.74 Å². The Hall–Kier alpha value is -1.79. The molecule has 6 nitrogen and oxygen atoms in total. The zero-order valence-electron chi connectivity index (χ0n) is 9.68. The molecule has 0 aliphatic rings. The lowest BCUT2D eigenvalue weighted by Crippen LogP contribution is -2.19. The number of hydrogen-bond acceptors (Lipinski definition) is 5. The number of H-pyrrole nitrogens is 1. The van der Waals surface area contributed by atoms with Crippen LogP contribution >= 0.6 is 0 Å². The van der Waals surface area contributed by atoms with Gasteiger partial charge in [-0.1, -0.05) is 0 Å². The summed E-state index contributed by atoms with van der Waals surface area (Å²) < 4.78 is 4.94. The summed E-state index contributed by atoms with van der Waals surface area (Å²) in [6.45, 7) is 2.18. The second kappa shape index (κ2) is 6.07. The highest BCUT2D eigenvalue weighted by Crippen LogP contribution is 2.11. The van der Waals surface area contributed by atoms with Gasteiger partial charge in [-0.15, -0.1) is 0 Å². The van der Waals surface area contributed by atoms with Gasteiger partial charge < -0.3 is 15.0 Å². The maximum atomic E-state index is 4.94. The Labute approximate surface area is 99.5 Å². The van der Waals surface area contributed by atoms with Gasteiger partial charge in [-0.3, -0.25) is 9.97 Å². The van der Waals surface area contributed by atoms with E-state index in [1.54, 1.807) is 31.9 Å². The molecule has 90 valence electrons. The highest BCUT2D eigenvalue weighted by molar-refractivity contribution is 5.51. The summed E-state index contributed by atoms with van der Waals surface area (Å²) in [7, 11) is 1.68. The van der Waals surface area contributed by atoms with Gasteiger partial charge in [0, 0.05) is 26.0 Å². The average molecular weight is 233 g/mol. The monoisotopic (exact) mass is 233 g/mol. The van der Waals surface area contributed by atoms with Gasteiger partial charge in [0.15, 0.2) is 0 Å². The molecule has 2 rings (SSSR count). The van der Waals surface area contributed by atoms with Gasteiger partial charge in [0.1, 0.15) is 11.5 Å². The Morgan fingerprint density at radius 2 is 2.24 bits per heavy atom. The molecule has 2 heterocycles. The van der Waals surface area contributed by atoms with Crippen molar-refractivity contribution in [3.63, 3.8) is 0 Å². The molecule has 0 aliphatic carbocycles. The van der Waals surface area contributed by atoms with E-state index < -0.39 is 0 Å². The molecule has 6 heteroatoms. The van der Waals surface area contributed by atoms with Crippen LogP contribution in [0.25, 0.3) is 11.4 Å². The molecule has 0 saturated carbocycles. The van der Waals surface area contributed by atoms with E-state index >= 15 is 0 Å². The van der Waals surface area contributed by atoms with Crippen LogP contribution in [0.15, 0.2) is 24.8 Å². The number of methoxy groups -OCH3 is 1. The molecule has 0 aliphatic heterocycles. The smallest absolute Gasteiger partial charge is 0.120 e. The highest BCUT2D eigenvalue weighted by Gasteiger charge is 2.03. The van der Waals surface area contributed by atoms with E-state index in [-0.39, 0.29) is 0 Å². The Morgan fingerprint density at radius 3 is 3.00 bits per heavy atom. The number of nitrogens with zero attached hydrogens (tertiary/aromatic N) is 3. The van der Waals surface area contributed by atoms with Crippen LogP contribution in [0.4, 0.5) is 0 Å². The van der Waals surface area contributed by atoms with Gasteiger partial charge in [-0.2, -0.15) is 0 Å². The third-order valence-electron chi connectivity index (χ3n) is 2.24. The molecule has 2 aromatic rings. The number of rotatable bonds is 6. The fraction of sp³-hybridized carbons (Fsp3) is 0.364. The third kappa shape index (κ3) is 3.33. The van der Waals surface area contributed by atoms with Crippen LogP contribution in [0.1, 0.15) is 5.82 Å². The van der Waals surface area contributed by atoms with Crippen LogP contribution < -0.4 is 5.32 Å². The van der Waals surface area contributed by atoms with Crippen molar-refractivity contribution in [2.24, 2.45) is 0 Å². The number of ether oxygens (including phenoxy) is 1. The predicted molar refractivity (Wildman–Crippen MR) is 63.2 cm³/mol. The molecule has 0 aromatic carbocycles. The summed E-state index contributed by atoms with van der Waals surface area (Å²) in [6.07, 6.45) is 6.77. The third-order valence-corrected chi connectivity index (χ3v) is 2.24. The molecule has 0 saturated heterocycles. The minimum atomic E-state index is 0.684. The number of hydrogen-bond donors (Lipinski definition) is 2. The second-order valence-electron chi connectivity index (χ2n) is 3.50. The van der Waals surface area contributed by atoms with E-state index in [9.17, 15) is 0 Å². The molecule has 2 aromatic heterocycles. The normalized spacial score (nSPS) is 10.6. The first kappa shape index (κ1) is 11.7. The van der Waals surface area contributed by atoms with Crippen molar-refractivity contribution in [3.8, 4) is 11.4 Å². The first-order chi connectivity index (χ1) is 8.40. The van der Waals surface area contributed by atoms with Crippen molar-refractivity contribution >= 4 is 0 Å². The van der Waals surface area contributed by atoms with E-state index in [4.69, 9.17) is 4.74 Å². The van der Waals surface area contributed by atoms with E-state index in [1.165, 1.54) is 0 Å². The van der Waals surface area contributed by atoms with Crippen LogP contribution in [0.3, 0.4) is 0 Å². The van der Waals surface area contributed by atoms with Crippen LogP contribution in [-0.4, -0.2) is 40.2 Å². The topological polar surface area (TPSA) is 75.7 Å². The van der Waals surface area contributed by atoms with Crippen LogP contribution in [0.2, 0.25) is 0 Å². The van der Waals surface area contributed by atoms with Crippen LogP contribution in [0, 0.1) is 0 Å². The predicted octanol–water partition coefficient (Wildman–Crippen LogP) is 0.603. The summed E-state index contributed by atoms with van der Waals surface area (Å²) in [5.41, 5.74) is 1.67. The fourth-order valence-electron chi connectivity index (χ4n) is 1.40. The number of aromatic nitrogens is 4. The zero-order valence-corrected chi connectivity index (χ0v) is 9.68. The summed E-state index contributed by atoms with van der Waals surface area (Å²) in [4.78, 5) is 15.7. The van der Waals surface area contributed by atoms with Crippen molar-refractivity contribution in [1.29, 1.82) is 0 Å². The Kier molecular flexibility index (Phi) is 4.17. The highest BCUT2D eigenvalue weighted by atomic mass is 16.5. The molecule has 2 N–H and O–H groups in total. The van der Waals surface area contributed by atoms with E-state index in [1.807, 2.05) is 0 Å². The lowest BCUT2D eigenvalue weighted by molar-refractivity contribution is 0.199. The Balaban J connectivity index is 1.92. The van der Waals surface area contributed by atoms with Gasteiger partial charge in [0.25, 0.3) is 0 Å². The van der Waals surface area contributed by atoms with Gasteiger partial charge in [0.2, 0.25) is 0 Å². The Morgan fingerprint density at radius 1 is 1.29 bits per heavy atom. The minimum absolute atomic E-state index is 0.684. The van der Waals surface area contributed by atoms with Gasteiger partial charge in [-0.25, -0.2) is 4.98 Å². The summed E-state index contributed by atoms with van der Waals surface area (Å²) in [5, 5.41) is 3.21. The van der Waals surface area contributed by atoms with Crippen molar-refractivity contribution in [3.05, 3.63) is 30.6 Å². The van der Waals surface area contributed by atoms with Crippen LogP contribution in [0.5, 0.6) is 0 Å². The average Bonchev–Trinajstić information content (AvgIpc) is 2.85. The number of aromatic amines is 1. The molecule has 0 spiro atoms. The molecule has 0 atom stereocenters. The van der Waals surface area contributed by atoms with Gasteiger partial charge in [0.05, 0.1) is 31.2 Å². The Bertz CT molecular complexity index is 442. The van der Waals surface area contributed by atoms with Crippen molar-refractivity contribution in [2.75, 3.05) is 20.3 Å². The first-order valence-corrected chi connectivity index (χ1v) is 5.40. The summed E-state index contributed by atoms with van der Waals surface area (Å²) in [6, 6.07) is 0. The minimum Gasteiger partial charge on any atom is -0.383 e. The zero-order chi connectivity index (χ0) is 11.9. The molecule has 0 radical (unpaired) electrons. The lowest BCUT2D eigenvalue weighted by Gasteiger charge is -2.00.